The van der Waals surface area contributed by atoms with Gasteiger partial charge in [-0.15, -0.1) is 6.58 Å². The van der Waals surface area contributed by atoms with Gasteiger partial charge in [-0.3, -0.25) is 0 Å². The number of allylic oxidation sites excluding steroid dienone is 1. The van der Waals surface area contributed by atoms with Crippen molar-refractivity contribution in [3.63, 3.8) is 0 Å². The largest absolute Gasteiger partial charge is 0.381 e. The minimum atomic E-state index is 0.385. The highest BCUT2D eigenvalue weighted by Crippen LogP contribution is 2.07. The quantitative estimate of drug-likeness (QED) is 0.516. The van der Waals surface area contributed by atoms with Crippen LogP contribution < -0.4 is 0 Å². The highest BCUT2D eigenvalue weighted by molar-refractivity contribution is 4.70. The van der Waals surface area contributed by atoms with Crippen LogP contribution >= 0.6 is 0 Å². The van der Waals surface area contributed by atoms with Gasteiger partial charge >= 0.3 is 0 Å². The predicted octanol–water partition coefficient (Wildman–Crippen LogP) is 2.58. The summed E-state index contributed by atoms with van der Waals surface area (Å²) < 4.78 is 5.20. The van der Waals surface area contributed by atoms with Crippen molar-refractivity contribution >= 4 is 0 Å². The molecule has 0 saturated carbocycles. The lowest BCUT2D eigenvalue weighted by atomic mass is 10.1. The molecule has 1 radical (unpaired) electrons. The van der Waals surface area contributed by atoms with Crippen LogP contribution in [0.15, 0.2) is 12.7 Å². The Balaban J connectivity index is 3.29. The third kappa shape index (κ3) is 4.57. The van der Waals surface area contributed by atoms with Crippen molar-refractivity contribution in [1.82, 2.24) is 0 Å². The first-order valence-corrected chi connectivity index (χ1v) is 3.78. The van der Waals surface area contributed by atoms with Gasteiger partial charge in [-0.05, 0) is 19.3 Å². The first-order chi connectivity index (χ1) is 4.85. The Kier molecular flexibility index (Phi) is 6.61. The van der Waals surface area contributed by atoms with Crippen molar-refractivity contribution in [3.05, 3.63) is 19.6 Å². The Morgan fingerprint density at radius 2 is 2.20 bits per heavy atom. The van der Waals surface area contributed by atoms with Gasteiger partial charge in [-0.1, -0.05) is 19.4 Å². The maximum absolute atomic E-state index is 5.20. The summed E-state index contributed by atoms with van der Waals surface area (Å²) in [5, 5.41) is 0. The summed E-state index contributed by atoms with van der Waals surface area (Å²) in [6, 6.07) is 0. The van der Waals surface area contributed by atoms with E-state index in [0.29, 0.717) is 6.10 Å². The van der Waals surface area contributed by atoms with Crippen molar-refractivity contribution in [3.8, 4) is 0 Å². The lowest BCUT2D eigenvalue weighted by molar-refractivity contribution is 0.0896. The van der Waals surface area contributed by atoms with Crippen molar-refractivity contribution in [2.75, 3.05) is 7.11 Å². The van der Waals surface area contributed by atoms with E-state index in [0.717, 1.165) is 25.7 Å². The van der Waals surface area contributed by atoms with Gasteiger partial charge in [0.25, 0.3) is 0 Å². The second-order valence-corrected chi connectivity index (χ2v) is 2.37. The molecule has 59 valence electrons. The van der Waals surface area contributed by atoms with Crippen molar-refractivity contribution in [2.24, 2.45) is 0 Å². The zero-order valence-electron chi connectivity index (χ0n) is 6.81. The normalized spacial score (nSPS) is 13.0. The molecule has 0 fully saturated rings. The van der Waals surface area contributed by atoms with Gasteiger partial charge in [0.2, 0.25) is 0 Å². The van der Waals surface area contributed by atoms with E-state index in [1.54, 1.807) is 7.11 Å². The average molecular weight is 141 g/mol. The summed E-state index contributed by atoms with van der Waals surface area (Å²) in [7, 11) is 1.75. The van der Waals surface area contributed by atoms with E-state index in [9.17, 15) is 0 Å². The standard InChI is InChI=1S/C9H17O/c1-4-6-8-9(10-3)7-5-2/h4,9H,1-2,5-8H2,3H3. The molecule has 0 aromatic carbocycles. The molecular formula is C9H17O. The molecule has 0 saturated heterocycles. The van der Waals surface area contributed by atoms with E-state index in [4.69, 9.17) is 4.74 Å². The van der Waals surface area contributed by atoms with E-state index in [-0.39, 0.29) is 0 Å². The van der Waals surface area contributed by atoms with Gasteiger partial charge in [0.05, 0.1) is 6.10 Å². The van der Waals surface area contributed by atoms with Gasteiger partial charge in [-0.25, -0.2) is 0 Å². The van der Waals surface area contributed by atoms with Crippen LogP contribution in [0, 0.1) is 6.92 Å². The molecule has 0 rings (SSSR count). The average Bonchev–Trinajstić information content (AvgIpc) is 1.98. The fourth-order valence-corrected chi connectivity index (χ4v) is 0.911. The Hall–Kier alpha value is -0.300. The summed E-state index contributed by atoms with van der Waals surface area (Å²) in [5.41, 5.74) is 0. The van der Waals surface area contributed by atoms with Gasteiger partial charge in [0.1, 0.15) is 0 Å². The first-order valence-electron chi connectivity index (χ1n) is 3.78. The molecule has 10 heavy (non-hydrogen) atoms. The molecule has 0 aromatic heterocycles. The molecule has 0 bridgehead atoms. The van der Waals surface area contributed by atoms with Crippen molar-refractivity contribution < 1.29 is 4.74 Å². The molecule has 1 nitrogen and oxygen atoms in total. The monoisotopic (exact) mass is 141 g/mol. The first kappa shape index (κ1) is 9.70. The minimum Gasteiger partial charge on any atom is -0.381 e. The summed E-state index contributed by atoms with van der Waals surface area (Å²) in [4.78, 5) is 0. The molecule has 0 spiro atoms. The zero-order valence-corrected chi connectivity index (χ0v) is 6.81. The summed E-state index contributed by atoms with van der Waals surface area (Å²) >= 11 is 0. The fourth-order valence-electron chi connectivity index (χ4n) is 0.911. The van der Waals surface area contributed by atoms with E-state index in [1.165, 1.54) is 0 Å². The number of methoxy groups -OCH3 is 1. The van der Waals surface area contributed by atoms with E-state index < -0.39 is 0 Å². The second kappa shape index (κ2) is 6.81. The number of rotatable bonds is 6. The molecular weight excluding hydrogens is 124 g/mol. The topological polar surface area (TPSA) is 9.23 Å². The lowest BCUT2D eigenvalue weighted by Crippen LogP contribution is -2.08. The zero-order chi connectivity index (χ0) is 7.82. The molecule has 1 heteroatoms. The van der Waals surface area contributed by atoms with Crippen LogP contribution in [0.4, 0.5) is 0 Å². The molecule has 0 aromatic rings. The van der Waals surface area contributed by atoms with Crippen LogP contribution in [0.1, 0.15) is 25.7 Å². The van der Waals surface area contributed by atoms with Crippen LogP contribution in [0.5, 0.6) is 0 Å². The summed E-state index contributed by atoms with van der Waals surface area (Å²) in [5.74, 6) is 0. The predicted molar refractivity (Wildman–Crippen MR) is 44.8 cm³/mol. The fraction of sp³-hybridized carbons (Fsp3) is 0.667. The minimum absolute atomic E-state index is 0.385. The molecule has 0 aliphatic rings. The maximum Gasteiger partial charge on any atom is 0.0574 e. The number of hydrogen-bond donors (Lipinski definition) is 0. The van der Waals surface area contributed by atoms with Crippen LogP contribution in [0.2, 0.25) is 0 Å². The molecule has 0 amide bonds. The van der Waals surface area contributed by atoms with Crippen LogP contribution in [-0.2, 0) is 4.74 Å². The van der Waals surface area contributed by atoms with E-state index in [2.05, 4.69) is 13.5 Å². The Morgan fingerprint density at radius 3 is 2.60 bits per heavy atom. The molecule has 0 aliphatic carbocycles. The molecule has 0 aliphatic heterocycles. The second-order valence-electron chi connectivity index (χ2n) is 2.37. The molecule has 1 unspecified atom stereocenters. The van der Waals surface area contributed by atoms with Gasteiger partial charge in [-0.2, -0.15) is 0 Å². The van der Waals surface area contributed by atoms with Crippen LogP contribution in [0.3, 0.4) is 0 Å². The highest BCUT2D eigenvalue weighted by atomic mass is 16.5. The van der Waals surface area contributed by atoms with Crippen LogP contribution in [-0.4, -0.2) is 13.2 Å². The SMILES string of the molecule is [CH2]CCC(CCC=C)OC. The van der Waals surface area contributed by atoms with Gasteiger partial charge in [0, 0.05) is 7.11 Å². The van der Waals surface area contributed by atoms with E-state index in [1.807, 2.05) is 6.08 Å². The Morgan fingerprint density at radius 1 is 1.50 bits per heavy atom. The van der Waals surface area contributed by atoms with E-state index >= 15 is 0 Å². The van der Waals surface area contributed by atoms with Gasteiger partial charge in [0.15, 0.2) is 0 Å². The Bertz CT molecular complexity index is 78.8. The lowest BCUT2D eigenvalue weighted by Gasteiger charge is -2.11. The molecule has 1 atom stereocenters. The Labute approximate surface area is 64.1 Å². The smallest absolute Gasteiger partial charge is 0.0574 e. The molecule has 0 heterocycles. The van der Waals surface area contributed by atoms with Crippen molar-refractivity contribution in [1.29, 1.82) is 0 Å². The third-order valence-corrected chi connectivity index (χ3v) is 1.55. The maximum atomic E-state index is 5.20. The number of ether oxygens (including phenoxy) is 1. The third-order valence-electron chi connectivity index (χ3n) is 1.55. The highest BCUT2D eigenvalue weighted by Gasteiger charge is 2.02. The van der Waals surface area contributed by atoms with Crippen molar-refractivity contribution in [2.45, 2.75) is 31.8 Å². The summed E-state index contributed by atoms with van der Waals surface area (Å²) in [6.07, 6.45) is 6.44. The number of hydrogen-bond acceptors (Lipinski definition) is 1. The van der Waals surface area contributed by atoms with Crippen LogP contribution in [0.25, 0.3) is 0 Å². The van der Waals surface area contributed by atoms with Gasteiger partial charge < -0.3 is 4.74 Å². The summed E-state index contributed by atoms with van der Waals surface area (Å²) in [6.45, 7) is 7.43. The molecule has 0 N–H and O–H groups in total.